The molecule has 2 aliphatic rings. The lowest BCUT2D eigenvalue weighted by Gasteiger charge is -2.31. The second-order valence-corrected chi connectivity index (χ2v) is 7.65. The number of benzene rings is 1. The molecule has 0 radical (unpaired) electrons. The summed E-state index contributed by atoms with van der Waals surface area (Å²) in [5, 5.41) is 11.9. The van der Waals surface area contributed by atoms with Gasteiger partial charge in [0.2, 0.25) is 5.91 Å². The number of nitrogens with zero attached hydrogens (tertiary/aromatic N) is 2. The summed E-state index contributed by atoms with van der Waals surface area (Å²) in [6, 6.07) is 4.55. The van der Waals surface area contributed by atoms with Crippen LogP contribution in [-0.2, 0) is 19.9 Å². The van der Waals surface area contributed by atoms with Gasteiger partial charge >= 0.3 is 12.0 Å². The topological polar surface area (TPSA) is 116 Å². The number of piperidine rings is 1. The zero-order valence-electron chi connectivity index (χ0n) is 16.7. The number of amides is 4. The predicted octanol–water partition coefficient (Wildman–Crippen LogP) is 1.09. The summed E-state index contributed by atoms with van der Waals surface area (Å²) < 4.78 is 5.24. The minimum atomic E-state index is -1.29. The molecule has 2 aliphatic heterocycles. The number of carboxylic acids is 1. The van der Waals surface area contributed by atoms with E-state index >= 15 is 0 Å². The van der Waals surface area contributed by atoms with Crippen molar-refractivity contribution in [3.8, 4) is 5.75 Å². The third-order valence-electron chi connectivity index (χ3n) is 5.66. The molecule has 4 amide bonds. The number of rotatable bonds is 5. The van der Waals surface area contributed by atoms with Crippen LogP contribution in [0.2, 0.25) is 0 Å². The second-order valence-electron chi connectivity index (χ2n) is 7.65. The monoisotopic (exact) mass is 403 g/mol. The van der Waals surface area contributed by atoms with Crippen molar-refractivity contribution in [1.29, 1.82) is 0 Å². The first-order valence-electron chi connectivity index (χ1n) is 9.47. The van der Waals surface area contributed by atoms with Crippen LogP contribution in [0.15, 0.2) is 18.2 Å². The molecule has 1 aromatic rings. The molecule has 2 N–H and O–H groups in total. The number of hydrogen-bond donors (Lipinski definition) is 2. The highest BCUT2D eigenvalue weighted by Gasteiger charge is 2.50. The normalized spacial score (nSPS) is 24.4. The molecule has 3 rings (SSSR count). The van der Waals surface area contributed by atoms with Gasteiger partial charge in [-0.1, -0.05) is 6.07 Å². The highest BCUT2D eigenvalue weighted by atomic mass is 16.5. The molecule has 0 saturated carbocycles. The minimum Gasteiger partial charge on any atom is -0.496 e. The number of urea groups is 1. The molecule has 29 heavy (non-hydrogen) atoms. The van der Waals surface area contributed by atoms with E-state index in [1.807, 2.05) is 6.92 Å². The van der Waals surface area contributed by atoms with Crippen LogP contribution in [0.1, 0.15) is 30.9 Å². The zero-order valence-corrected chi connectivity index (χ0v) is 16.7. The van der Waals surface area contributed by atoms with E-state index in [0.717, 1.165) is 10.5 Å². The van der Waals surface area contributed by atoms with Crippen LogP contribution in [0.4, 0.5) is 4.79 Å². The Kier molecular flexibility index (Phi) is 5.50. The number of nitrogens with one attached hydrogen (secondary N) is 1. The zero-order chi connectivity index (χ0) is 21.3. The van der Waals surface area contributed by atoms with E-state index in [0.29, 0.717) is 30.7 Å². The molecule has 2 unspecified atom stereocenters. The van der Waals surface area contributed by atoms with Crippen LogP contribution in [-0.4, -0.2) is 65.5 Å². The number of aliphatic carboxylic acids is 1. The smallest absolute Gasteiger partial charge is 0.325 e. The molecule has 2 heterocycles. The molecule has 0 aromatic heterocycles. The van der Waals surface area contributed by atoms with Crippen LogP contribution in [0.5, 0.6) is 5.75 Å². The fourth-order valence-corrected chi connectivity index (χ4v) is 3.87. The van der Waals surface area contributed by atoms with Crippen molar-refractivity contribution in [3.63, 3.8) is 0 Å². The van der Waals surface area contributed by atoms with E-state index in [4.69, 9.17) is 4.74 Å². The first kappa shape index (κ1) is 20.6. The van der Waals surface area contributed by atoms with Gasteiger partial charge in [0.05, 0.1) is 13.0 Å². The van der Waals surface area contributed by atoms with Gasteiger partial charge in [-0.05, 0) is 49.9 Å². The Bertz CT molecular complexity index is 870. The number of ether oxygens (including phenoxy) is 1. The summed E-state index contributed by atoms with van der Waals surface area (Å²) in [4.78, 5) is 51.7. The van der Waals surface area contributed by atoms with Gasteiger partial charge < -0.3 is 20.1 Å². The summed E-state index contributed by atoms with van der Waals surface area (Å²) in [6.07, 6.45) is 1.09. The third kappa shape index (κ3) is 3.76. The molecule has 2 atom stereocenters. The van der Waals surface area contributed by atoms with Gasteiger partial charge in [-0.25, -0.2) is 4.79 Å². The first-order valence-corrected chi connectivity index (χ1v) is 9.47. The highest BCUT2D eigenvalue weighted by Crippen LogP contribution is 2.32. The Labute approximate surface area is 168 Å². The fourth-order valence-electron chi connectivity index (χ4n) is 3.87. The van der Waals surface area contributed by atoms with Gasteiger partial charge in [0, 0.05) is 13.1 Å². The molecule has 2 fully saturated rings. The van der Waals surface area contributed by atoms with Crippen molar-refractivity contribution in [3.05, 3.63) is 29.3 Å². The van der Waals surface area contributed by atoms with Crippen molar-refractivity contribution in [2.45, 2.75) is 32.2 Å². The van der Waals surface area contributed by atoms with E-state index in [1.54, 1.807) is 32.2 Å². The standard InChI is InChI=1S/C20H25N3O6/c1-12-9-14(6-7-15(12)29-3)20(2)18(27)23(19(28)21-20)11-16(24)22-8-4-5-13(10-22)17(25)26/h6-7,9,13H,4-5,8,10-11H2,1-3H3,(H,21,28)(H,25,26). The Hall–Kier alpha value is -3.10. The summed E-state index contributed by atoms with van der Waals surface area (Å²) >= 11 is 0. The van der Waals surface area contributed by atoms with Crippen LogP contribution >= 0.6 is 0 Å². The molecule has 1 aromatic carbocycles. The fraction of sp³-hybridized carbons (Fsp3) is 0.500. The summed E-state index contributed by atoms with van der Waals surface area (Å²) in [5.74, 6) is -1.86. The largest absolute Gasteiger partial charge is 0.496 e. The Morgan fingerprint density at radius 3 is 2.69 bits per heavy atom. The first-order chi connectivity index (χ1) is 13.7. The van der Waals surface area contributed by atoms with Crippen LogP contribution in [0, 0.1) is 12.8 Å². The Balaban J connectivity index is 1.75. The summed E-state index contributed by atoms with van der Waals surface area (Å²) in [7, 11) is 1.55. The van der Waals surface area contributed by atoms with Crippen LogP contribution in [0.3, 0.4) is 0 Å². The second kappa shape index (κ2) is 7.73. The Morgan fingerprint density at radius 2 is 2.07 bits per heavy atom. The molecular weight excluding hydrogens is 378 g/mol. The molecule has 0 bridgehead atoms. The van der Waals surface area contributed by atoms with Gasteiger partial charge in [-0.2, -0.15) is 0 Å². The predicted molar refractivity (Wildman–Crippen MR) is 102 cm³/mol. The van der Waals surface area contributed by atoms with Crippen molar-refractivity contribution < 1.29 is 29.0 Å². The maximum Gasteiger partial charge on any atom is 0.325 e. The van der Waals surface area contributed by atoms with E-state index in [2.05, 4.69) is 5.32 Å². The van der Waals surface area contributed by atoms with Gasteiger partial charge in [0.15, 0.2) is 0 Å². The number of likely N-dealkylation sites (tertiary alicyclic amines) is 1. The molecule has 9 heteroatoms. The highest BCUT2D eigenvalue weighted by molar-refractivity contribution is 6.09. The molecule has 0 spiro atoms. The number of methoxy groups -OCH3 is 1. The minimum absolute atomic E-state index is 0.0900. The number of aryl methyl sites for hydroxylation is 1. The van der Waals surface area contributed by atoms with E-state index in [9.17, 15) is 24.3 Å². The SMILES string of the molecule is COc1ccc(C2(C)NC(=O)N(CC(=O)N3CCCC(C(=O)O)C3)C2=O)cc1C. The summed E-state index contributed by atoms with van der Waals surface area (Å²) in [5.41, 5.74) is 0.115. The van der Waals surface area contributed by atoms with Crippen molar-refractivity contribution in [1.82, 2.24) is 15.1 Å². The van der Waals surface area contributed by atoms with E-state index in [-0.39, 0.29) is 6.54 Å². The van der Waals surface area contributed by atoms with Gasteiger partial charge in [-0.3, -0.25) is 19.3 Å². The van der Waals surface area contributed by atoms with E-state index < -0.39 is 41.8 Å². The molecular formula is C20H25N3O6. The van der Waals surface area contributed by atoms with Gasteiger partial charge in [-0.15, -0.1) is 0 Å². The number of hydrogen-bond acceptors (Lipinski definition) is 5. The van der Waals surface area contributed by atoms with Crippen LogP contribution in [0.25, 0.3) is 0 Å². The lowest BCUT2D eigenvalue weighted by Crippen LogP contribution is -2.48. The van der Waals surface area contributed by atoms with Gasteiger partial charge in [0.25, 0.3) is 5.91 Å². The number of carbonyl (C=O) groups excluding carboxylic acids is 3. The number of carboxylic acid groups (broad SMARTS) is 1. The van der Waals surface area contributed by atoms with Crippen molar-refractivity contribution in [2.24, 2.45) is 5.92 Å². The average Bonchev–Trinajstić information content (AvgIpc) is 2.92. The lowest BCUT2D eigenvalue weighted by atomic mass is 9.90. The van der Waals surface area contributed by atoms with Crippen LogP contribution < -0.4 is 10.1 Å². The average molecular weight is 403 g/mol. The van der Waals surface area contributed by atoms with Crippen molar-refractivity contribution in [2.75, 3.05) is 26.7 Å². The molecule has 9 nitrogen and oxygen atoms in total. The maximum absolute atomic E-state index is 13.0. The lowest BCUT2D eigenvalue weighted by molar-refractivity contribution is -0.147. The quantitative estimate of drug-likeness (QED) is 0.711. The molecule has 0 aliphatic carbocycles. The third-order valence-corrected chi connectivity index (χ3v) is 5.66. The number of carbonyl (C=O) groups is 4. The Morgan fingerprint density at radius 1 is 1.34 bits per heavy atom. The summed E-state index contributed by atoms with van der Waals surface area (Å²) in [6.45, 7) is 3.53. The maximum atomic E-state index is 13.0. The molecule has 2 saturated heterocycles. The van der Waals surface area contributed by atoms with Crippen molar-refractivity contribution >= 4 is 23.8 Å². The van der Waals surface area contributed by atoms with E-state index in [1.165, 1.54) is 4.90 Å². The number of imide groups is 1. The van der Waals surface area contributed by atoms with Gasteiger partial charge in [0.1, 0.15) is 17.8 Å². The molecule has 156 valence electrons.